The number of hydrogen-bond donors (Lipinski definition) is 0. The monoisotopic (exact) mass is 241 g/mol. The normalized spacial score (nSPS) is 17.0. The molecule has 1 aromatic carbocycles. The van der Waals surface area contributed by atoms with Crippen LogP contribution in [0.3, 0.4) is 0 Å². The molecule has 1 radical (unpaired) electrons. The Morgan fingerprint density at radius 3 is 2.44 bits per heavy atom. The molecule has 0 amide bonds. The predicted molar refractivity (Wildman–Crippen MR) is 73.1 cm³/mol. The van der Waals surface area contributed by atoms with Crippen molar-refractivity contribution in [2.75, 3.05) is 0 Å². The highest BCUT2D eigenvalue weighted by molar-refractivity contribution is 6.32. The van der Waals surface area contributed by atoms with Gasteiger partial charge in [0.15, 0.2) is 0 Å². The van der Waals surface area contributed by atoms with Gasteiger partial charge in [-0.05, 0) is 18.4 Å². The predicted octanol–water partition coefficient (Wildman–Crippen LogP) is 2.65. The van der Waals surface area contributed by atoms with Crippen molar-refractivity contribution in [1.82, 2.24) is 0 Å². The molecule has 3 heteroatoms. The fraction of sp³-hybridized carbons (Fsp3) is 0.467. The molecule has 1 aromatic rings. The Hall–Kier alpha value is -1.38. The number of hydrogen-bond acceptors (Lipinski definition) is 2. The molecular weight excluding hydrogens is 223 g/mol. The molecule has 0 aromatic heterocycles. The van der Waals surface area contributed by atoms with Crippen molar-refractivity contribution >= 4 is 18.8 Å². The molecule has 0 saturated heterocycles. The van der Waals surface area contributed by atoms with Crippen LogP contribution in [0.2, 0.25) is 6.82 Å². The molecule has 0 aliphatic heterocycles. The molecule has 1 saturated carbocycles. The van der Waals surface area contributed by atoms with Gasteiger partial charge >= 0.3 is 0 Å². The van der Waals surface area contributed by atoms with Gasteiger partial charge in [-0.3, -0.25) is 9.59 Å². The van der Waals surface area contributed by atoms with Gasteiger partial charge in [-0.1, -0.05) is 42.5 Å². The van der Waals surface area contributed by atoms with Crippen LogP contribution in [-0.4, -0.2) is 18.8 Å². The Bertz CT molecular complexity index is 463. The van der Waals surface area contributed by atoms with Crippen LogP contribution in [0, 0.1) is 6.92 Å². The highest BCUT2D eigenvalue weighted by atomic mass is 16.1. The second kappa shape index (κ2) is 5.51. The van der Waals surface area contributed by atoms with Gasteiger partial charge < -0.3 is 0 Å². The van der Waals surface area contributed by atoms with Crippen LogP contribution in [-0.2, 0) is 15.9 Å². The third-order valence-corrected chi connectivity index (χ3v) is 3.41. The number of ketones is 2. The van der Waals surface area contributed by atoms with E-state index in [1.807, 2.05) is 6.82 Å². The van der Waals surface area contributed by atoms with Gasteiger partial charge in [0.2, 0.25) is 0 Å². The third kappa shape index (κ3) is 3.09. The molecule has 18 heavy (non-hydrogen) atoms. The minimum Gasteiger partial charge on any atom is -0.299 e. The molecular formula is C15H18BO2. The Morgan fingerprint density at radius 2 is 1.83 bits per heavy atom. The van der Waals surface area contributed by atoms with E-state index < -0.39 is 0 Å². The standard InChI is InChI=1S/C15H18BO2/c1-10-3-11(9-16-2)5-12(4-10)13-6-14(17)8-15(18)7-13/h3-5,13H,6-9H2,1-2H3. The average molecular weight is 241 g/mol. The summed E-state index contributed by atoms with van der Waals surface area (Å²) in [7, 11) is 2.12. The van der Waals surface area contributed by atoms with Gasteiger partial charge in [0, 0.05) is 12.8 Å². The number of carbonyl (C=O) groups is 2. The van der Waals surface area contributed by atoms with Crippen LogP contribution in [0.4, 0.5) is 0 Å². The number of carbonyl (C=O) groups excluding carboxylic acids is 2. The maximum atomic E-state index is 11.5. The van der Waals surface area contributed by atoms with E-state index in [1.165, 1.54) is 11.1 Å². The molecule has 0 bridgehead atoms. The second-order valence-electron chi connectivity index (χ2n) is 5.22. The van der Waals surface area contributed by atoms with Crippen molar-refractivity contribution in [3.05, 3.63) is 34.9 Å². The van der Waals surface area contributed by atoms with E-state index in [2.05, 4.69) is 32.4 Å². The van der Waals surface area contributed by atoms with Crippen LogP contribution in [0.15, 0.2) is 18.2 Å². The van der Waals surface area contributed by atoms with Gasteiger partial charge in [0.25, 0.3) is 0 Å². The summed E-state index contributed by atoms with van der Waals surface area (Å²) in [6.45, 7) is 4.10. The van der Waals surface area contributed by atoms with Gasteiger partial charge in [-0.2, -0.15) is 0 Å². The first-order chi connectivity index (χ1) is 8.58. The van der Waals surface area contributed by atoms with Crippen LogP contribution in [0.25, 0.3) is 0 Å². The number of aryl methyl sites for hydroxylation is 1. The molecule has 0 atom stereocenters. The maximum Gasteiger partial charge on any atom is 0.140 e. The minimum atomic E-state index is 0.0846. The average Bonchev–Trinajstić information content (AvgIpc) is 2.27. The molecule has 0 spiro atoms. The molecule has 2 nitrogen and oxygen atoms in total. The smallest absolute Gasteiger partial charge is 0.140 e. The molecule has 2 rings (SSSR count). The van der Waals surface area contributed by atoms with E-state index in [9.17, 15) is 9.59 Å². The van der Waals surface area contributed by atoms with Crippen molar-refractivity contribution in [3.63, 3.8) is 0 Å². The summed E-state index contributed by atoms with van der Waals surface area (Å²) in [4.78, 5) is 23.1. The van der Waals surface area contributed by atoms with Crippen molar-refractivity contribution in [1.29, 1.82) is 0 Å². The number of rotatable bonds is 3. The summed E-state index contributed by atoms with van der Waals surface area (Å²) in [5.41, 5.74) is 3.61. The fourth-order valence-electron chi connectivity index (χ4n) is 2.71. The van der Waals surface area contributed by atoms with Crippen molar-refractivity contribution in [2.24, 2.45) is 0 Å². The lowest BCUT2D eigenvalue weighted by molar-refractivity contribution is -0.130. The highest BCUT2D eigenvalue weighted by Gasteiger charge is 2.26. The Morgan fingerprint density at radius 1 is 1.17 bits per heavy atom. The molecule has 1 fully saturated rings. The van der Waals surface area contributed by atoms with E-state index in [0.717, 1.165) is 11.9 Å². The number of benzene rings is 1. The number of Topliss-reactive ketones (excluding diaryl/α,β-unsaturated/α-hetero) is 2. The lowest BCUT2D eigenvalue weighted by Crippen LogP contribution is -2.21. The van der Waals surface area contributed by atoms with E-state index >= 15 is 0 Å². The van der Waals surface area contributed by atoms with E-state index in [1.54, 1.807) is 0 Å². The molecule has 0 N–H and O–H groups in total. The molecule has 0 heterocycles. The van der Waals surface area contributed by atoms with Crippen LogP contribution >= 0.6 is 0 Å². The van der Waals surface area contributed by atoms with E-state index in [-0.39, 0.29) is 23.9 Å². The SMILES string of the molecule is C[B]Cc1cc(C)cc(C2CC(=O)CC(=O)C2)c1. The first-order valence-electron chi connectivity index (χ1n) is 6.50. The largest absolute Gasteiger partial charge is 0.299 e. The lowest BCUT2D eigenvalue weighted by Gasteiger charge is -2.21. The molecule has 93 valence electrons. The zero-order valence-corrected chi connectivity index (χ0v) is 11.0. The van der Waals surface area contributed by atoms with Crippen LogP contribution in [0.1, 0.15) is 41.9 Å². The maximum absolute atomic E-state index is 11.5. The topological polar surface area (TPSA) is 34.1 Å². The first-order valence-corrected chi connectivity index (χ1v) is 6.50. The summed E-state index contributed by atoms with van der Waals surface area (Å²) in [6.07, 6.45) is 2.11. The Labute approximate surface area is 109 Å². The van der Waals surface area contributed by atoms with Crippen LogP contribution < -0.4 is 0 Å². The zero-order valence-electron chi connectivity index (χ0n) is 11.0. The summed E-state index contributed by atoms with van der Waals surface area (Å²) in [6, 6.07) is 6.41. The second-order valence-corrected chi connectivity index (χ2v) is 5.22. The molecule has 0 unspecified atom stereocenters. The highest BCUT2D eigenvalue weighted by Crippen LogP contribution is 2.30. The fourth-order valence-corrected chi connectivity index (χ4v) is 2.71. The van der Waals surface area contributed by atoms with Crippen molar-refractivity contribution < 1.29 is 9.59 Å². The summed E-state index contributed by atoms with van der Waals surface area (Å²) >= 11 is 0. The molecule has 1 aliphatic carbocycles. The first kappa shape index (κ1) is 13.1. The van der Waals surface area contributed by atoms with Gasteiger partial charge in [0.05, 0.1) is 6.42 Å². The van der Waals surface area contributed by atoms with Crippen molar-refractivity contribution in [3.8, 4) is 0 Å². The quantitative estimate of drug-likeness (QED) is 0.602. The van der Waals surface area contributed by atoms with Crippen LogP contribution in [0.5, 0.6) is 0 Å². The van der Waals surface area contributed by atoms with E-state index in [4.69, 9.17) is 0 Å². The van der Waals surface area contributed by atoms with Gasteiger partial charge in [0.1, 0.15) is 18.8 Å². The minimum absolute atomic E-state index is 0.0846. The van der Waals surface area contributed by atoms with Gasteiger partial charge in [-0.25, -0.2) is 0 Å². The molecule has 1 aliphatic rings. The Balaban J connectivity index is 2.26. The summed E-state index contributed by atoms with van der Waals surface area (Å²) in [5.74, 6) is 0.261. The Kier molecular flexibility index (Phi) is 4.00. The summed E-state index contributed by atoms with van der Waals surface area (Å²) in [5, 5.41) is 0. The lowest BCUT2D eigenvalue weighted by atomic mass is 9.73. The zero-order chi connectivity index (χ0) is 13.1. The third-order valence-electron chi connectivity index (χ3n) is 3.41. The van der Waals surface area contributed by atoms with E-state index in [0.29, 0.717) is 12.8 Å². The summed E-state index contributed by atoms with van der Waals surface area (Å²) < 4.78 is 0. The van der Waals surface area contributed by atoms with Gasteiger partial charge in [-0.15, -0.1) is 0 Å². The van der Waals surface area contributed by atoms with Crippen molar-refractivity contribution in [2.45, 2.75) is 45.2 Å².